The molecule has 0 bridgehead atoms. The molecule has 1 fully saturated rings. The van der Waals surface area contributed by atoms with E-state index < -0.39 is 0 Å². The van der Waals surface area contributed by atoms with Crippen molar-refractivity contribution in [2.75, 3.05) is 19.0 Å². The molecule has 0 N–H and O–H groups in total. The minimum absolute atomic E-state index is 0.0550. The molecule has 1 aromatic rings. The lowest BCUT2D eigenvalue weighted by molar-refractivity contribution is -0.0371. The maximum absolute atomic E-state index is 12.4. The molecule has 98 valence electrons. The molecule has 1 aromatic carbocycles. The molecule has 2 rings (SSSR count). The predicted octanol–water partition coefficient (Wildman–Crippen LogP) is 2.76. The average molecular weight is 380 g/mol. The largest absolute Gasteiger partial charge is 0.373 e. The fraction of sp³-hybridized carbons (Fsp3) is 0.462. The second kappa shape index (κ2) is 6.21. The number of carbonyl (C=O) groups is 1. The van der Waals surface area contributed by atoms with E-state index in [1.165, 1.54) is 0 Å². The van der Waals surface area contributed by atoms with E-state index >= 15 is 0 Å². The highest BCUT2D eigenvalue weighted by Crippen LogP contribution is 2.17. The number of halogens is 2. The number of hydrogen-bond acceptors (Lipinski definition) is 2. The monoisotopic (exact) mass is 379 g/mol. The Labute approximate surface area is 126 Å². The third kappa shape index (κ3) is 3.16. The molecule has 0 aromatic heterocycles. The van der Waals surface area contributed by atoms with Gasteiger partial charge in [0.1, 0.15) is 0 Å². The van der Waals surface area contributed by atoms with Gasteiger partial charge in [0.05, 0.1) is 24.6 Å². The van der Waals surface area contributed by atoms with Crippen LogP contribution < -0.4 is 0 Å². The van der Waals surface area contributed by atoms with Gasteiger partial charge in [-0.05, 0) is 47.7 Å². The molecule has 3 nitrogen and oxygen atoms in total. The first-order valence-corrected chi connectivity index (χ1v) is 7.47. The number of rotatable bonds is 2. The summed E-state index contributed by atoms with van der Waals surface area (Å²) in [6, 6.07) is 7.72. The summed E-state index contributed by atoms with van der Waals surface area (Å²) in [5, 5.41) is 0. The Hall–Kier alpha value is -0.330. The molecule has 2 atom stereocenters. The molecule has 0 aliphatic carbocycles. The predicted molar refractivity (Wildman–Crippen MR) is 80.1 cm³/mol. The minimum Gasteiger partial charge on any atom is -0.373 e. The molecular weight excluding hydrogens is 365 g/mol. The Bertz CT molecular complexity index is 441. The first kappa shape index (κ1) is 14.1. The lowest BCUT2D eigenvalue weighted by Crippen LogP contribution is -2.51. The van der Waals surface area contributed by atoms with Crippen LogP contribution in [-0.2, 0) is 4.74 Å². The van der Waals surface area contributed by atoms with Crippen LogP contribution >= 0.6 is 34.2 Å². The van der Waals surface area contributed by atoms with Gasteiger partial charge in [0.25, 0.3) is 5.91 Å². The van der Waals surface area contributed by atoms with Crippen LogP contribution in [0.5, 0.6) is 0 Å². The molecule has 1 saturated heterocycles. The summed E-state index contributed by atoms with van der Waals surface area (Å²) >= 11 is 8.01. The number of nitrogens with zero attached hydrogens (tertiary/aromatic N) is 1. The van der Waals surface area contributed by atoms with Gasteiger partial charge in [0.15, 0.2) is 0 Å². The number of hydrogen-bond donors (Lipinski definition) is 0. The van der Waals surface area contributed by atoms with Crippen LogP contribution in [0, 0.1) is 3.57 Å². The summed E-state index contributed by atoms with van der Waals surface area (Å²) in [6.45, 7) is 3.11. The van der Waals surface area contributed by atoms with Crippen molar-refractivity contribution < 1.29 is 9.53 Å². The summed E-state index contributed by atoms with van der Waals surface area (Å²) in [7, 11) is 0. The van der Waals surface area contributed by atoms with Gasteiger partial charge in [-0.25, -0.2) is 0 Å². The van der Waals surface area contributed by atoms with Gasteiger partial charge in [-0.1, -0.05) is 6.07 Å². The second-order valence-electron chi connectivity index (χ2n) is 4.43. The smallest absolute Gasteiger partial charge is 0.254 e. The molecule has 0 spiro atoms. The van der Waals surface area contributed by atoms with E-state index in [1.54, 1.807) is 0 Å². The van der Waals surface area contributed by atoms with Crippen molar-refractivity contribution in [2.24, 2.45) is 0 Å². The zero-order valence-electron chi connectivity index (χ0n) is 10.1. The van der Waals surface area contributed by atoms with Crippen molar-refractivity contribution >= 4 is 40.1 Å². The molecule has 1 aliphatic heterocycles. The second-order valence-corrected chi connectivity index (χ2v) is 5.98. The molecular formula is C13H15ClINO2. The van der Waals surface area contributed by atoms with Crippen LogP contribution in [0.25, 0.3) is 0 Å². The van der Waals surface area contributed by atoms with Crippen molar-refractivity contribution in [3.63, 3.8) is 0 Å². The van der Waals surface area contributed by atoms with Crippen molar-refractivity contribution in [3.8, 4) is 0 Å². The van der Waals surface area contributed by atoms with Crippen LogP contribution in [0.15, 0.2) is 24.3 Å². The van der Waals surface area contributed by atoms with Crippen LogP contribution in [0.1, 0.15) is 17.3 Å². The third-order valence-electron chi connectivity index (χ3n) is 3.01. The first-order chi connectivity index (χ1) is 8.61. The Morgan fingerprint density at radius 3 is 3.06 bits per heavy atom. The Balaban J connectivity index is 2.16. The number of morpholine rings is 1. The molecule has 1 heterocycles. The lowest BCUT2D eigenvalue weighted by atomic mass is 10.1. The number of alkyl halides is 1. The standard InChI is InChI=1S/C13H15ClINO2/c1-9-8-18-12(6-14)7-16(9)13(17)10-3-2-4-11(15)5-10/h2-5,9,12H,6-8H2,1H3. The lowest BCUT2D eigenvalue weighted by Gasteiger charge is -2.37. The van der Waals surface area contributed by atoms with Gasteiger partial charge >= 0.3 is 0 Å². The SMILES string of the molecule is CC1COC(CCl)CN1C(=O)c1cccc(I)c1. The van der Waals surface area contributed by atoms with E-state index in [2.05, 4.69) is 22.6 Å². The molecule has 2 unspecified atom stereocenters. The highest BCUT2D eigenvalue weighted by atomic mass is 127. The number of amides is 1. The van der Waals surface area contributed by atoms with E-state index in [9.17, 15) is 4.79 Å². The van der Waals surface area contributed by atoms with Gasteiger partial charge in [-0.2, -0.15) is 0 Å². The fourth-order valence-corrected chi connectivity index (χ4v) is 2.71. The van der Waals surface area contributed by atoms with Gasteiger partial charge in [-0.15, -0.1) is 11.6 Å². The van der Waals surface area contributed by atoms with E-state index in [-0.39, 0.29) is 18.1 Å². The molecule has 1 amide bonds. The van der Waals surface area contributed by atoms with Crippen LogP contribution in [-0.4, -0.2) is 42.0 Å². The van der Waals surface area contributed by atoms with Gasteiger partial charge in [0, 0.05) is 15.7 Å². The summed E-state index contributed by atoms with van der Waals surface area (Å²) in [5.74, 6) is 0.474. The van der Waals surface area contributed by atoms with E-state index in [0.29, 0.717) is 19.0 Å². The zero-order valence-corrected chi connectivity index (χ0v) is 13.0. The van der Waals surface area contributed by atoms with E-state index in [0.717, 1.165) is 9.13 Å². The normalized spacial score (nSPS) is 24.1. The van der Waals surface area contributed by atoms with Gasteiger partial charge < -0.3 is 9.64 Å². The molecule has 1 aliphatic rings. The Morgan fingerprint density at radius 2 is 2.39 bits per heavy atom. The van der Waals surface area contributed by atoms with E-state index in [1.807, 2.05) is 36.1 Å². The average Bonchev–Trinajstić information content (AvgIpc) is 2.38. The summed E-state index contributed by atoms with van der Waals surface area (Å²) in [5.41, 5.74) is 0.726. The maximum atomic E-state index is 12.4. The molecule has 0 radical (unpaired) electrons. The van der Waals surface area contributed by atoms with Gasteiger partial charge in [-0.3, -0.25) is 4.79 Å². The summed E-state index contributed by atoms with van der Waals surface area (Å²) in [6.07, 6.45) is -0.0606. The Morgan fingerprint density at radius 1 is 1.61 bits per heavy atom. The van der Waals surface area contributed by atoms with E-state index in [4.69, 9.17) is 16.3 Å². The summed E-state index contributed by atoms with van der Waals surface area (Å²) in [4.78, 5) is 14.3. The number of benzene rings is 1. The quantitative estimate of drug-likeness (QED) is 0.584. The summed E-state index contributed by atoms with van der Waals surface area (Å²) < 4.78 is 6.62. The van der Waals surface area contributed by atoms with Crippen molar-refractivity contribution in [1.29, 1.82) is 0 Å². The first-order valence-electron chi connectivity index (χ1n) is 5.86. The highest BCUT2D eigenvalue weighted by Gasteiger charge is 2.29. The topological polar surface area (TPSA) is 29.5 Å². The molecule has 5 heteroatoms. The van der Waals surface area contributed by atoms with Gasteiger partial charge in [0.2, 0.25) is 0 Å². The van der Waals surface area contributed by atoms with Crippen molar-refractivity contribution in [2.45, 2.75) is 19.1 Å². The number of carbonyl (C=O) groups excluding carboxylic acids is 1. The third-order valence-corrected chi connectivity index (χ3v) is 4.03. The zero-order chi connectivity index (χ0) is 13.1. The van der Waals surface area contributed by atoms with Crippen LogP contribution in [0.3, 0.4) is 0 Å². The molecule has 18 heavy (non-hydrogen) atoms. The van der Waals surface area contributed by atoms with Crippen molar-refractivity contribution in [1.82, 2.24) is 4.90 Å². The maximum Gasteiger partial charge on any atom is 0.254 e. The Kier molecular flexibility index (Phi) is 4.86. The van der Waals surface area contributed by atoms with Crippen LogP contribution in [0.2, 0.25) is 0 Å². The minimum atomic E-state index is -0.0606. The van der Waals surface area contributed by atoms with Crippen LogP contribution in [0.4, 0.5) is 0 Å². The number of ether oxygens (including phenoxy) is 1. The van der Waals surface area contributed by atoms with Crippen molar-refractivity contribution in [3.05, 3.63) is 33.4 Å². The fourth-order valence-electron chi connectivity index (χ4n) is 1.98. The molecule has 0 saturated carbocycles. The highest BCUT2D eigenvalue weighted by molar-refractivity contribution is 14.1.